The highest BCUT2D eigenvalue weighted by Gasteiger charge is 2.11. The number of benzene rings is 2. The smallest absolute Gasteiger partial charge is 0.329 e. The highest BCUT2D eigenvalue weighted by atomic mass is 79.9. The second kappa shape index (κ2) is 12.3. The molecule has 3 amide bonds. The summed E-state index contributed by atoms with van der Waals surface area (Å²) in [5.41, 5.74) is 3.40. The van der Waals surface area contributed by atoms with Crippen molar-refractivity contribution < 1.29 is 23.9 Å². The highest BCUT2D eigenvalue weighted by Crippen LogP contribution is 2.15. The Morgan fingerprint density at radius 2 is 1.87 bits per heavy atom. The summed E-state index contributed by atoms with van der Waals surface area (Å²) in [5, 5.41) is 8.84. The summed E-state index contributed by atoms with van der Waals surface area (Å²) in [6, 6.07) is 13.9. The monoisotopic (exact) mass is 476 g/mol. The van der Waals surface area contributed by atoms with E-state index in [0.717, 1.165) is 4.47 Å². The Kier molecular flexibility index (Phi) is 9.49. The standard InChI is InChI=1S/C20H21BrN4O5/c1-29-10-9-22-19(27)20(28)25-23-12-14-3-2-4-17(11-14)30-13-18(26)24-16-7-5-15(21)6-8-16/h2-8,11-12H,9-10,13H2,1H3,(H,22,27)(H,24,26)(H,25,28)/b23-12+. The zero-order valence-electron chi connectivity index (χ0n) is 16.2. The van der Waals surface area contributed by atoms with Gasteiger partial charge in [0.2, 0.25) is 0 Å². The number of methoxy groups -OCH3 is 1. The molecule has 0 radical (unpaired) electrons. The molecule has 0 aromatic heterocycles. The van der Waals surface area contributed by atoms with E-state index in [1.807, 2.05) is 12.1 Å². The van der Waals surface area contributed by atoms with E-state index in [9.17, 15) is 14.4 Å². The van der Waals surface area contributed by atoms with Gasteiger partial charge >= 0.3 is 11.8 Å². The Morgan fingerprint density at radius 3 is 2.60 bits per heavy atom. The summed E-state index contributed by atoms with van der Waals surface area (Å²) < 4.78 is 11.2. The number of hydrazone groups is 1. The molecule has 0 aliphatic heterocycles. The number of hydrogen-bond donors (Lipinski definition) is 3. The molecule has 10 heteroatoms. The van der Waals surface area contributed by atoms with Crippen molar-refractivity contribution in [2.45, 2.75) is 0 Å². The third-order valence-corrected chi connectivity index (χ3v) is 4.06. The lowest BCUT2D eigenvalue weighted by atomic mass is 10.2. The van der Waals surface area contributed by atoms with Crippen LogP contribution in [0.2, 0.25) is 0 Å². The lowest BCUT2D eigenvalue weighted by Crippen LogP contribution is -2.39. The van der Waals surface area contributed by atoms with Gasteiger partial charge in [0.1, 0.15) is 5.75 Å². The summed E-state index contributed by atoms with van der Waals surface area (Å²) in [4.78, 5) is 35.1. The number of carbonyl (C=O) groups excluding carboxylic acids is 3. The molecule has 2 aromatic rings. The van der Waals surface area contributed by atoms with E-state index in [-0.39, 0.29) is 19.1 Å². The molecule has 0 spiro atoms. The summed E-state index contributed by atoms with van der Waals surface area (Å²) in [6.45, 7) is 0.354. The van der Waals surface area contributed by atoms with Crippen LogP contribution in [0.15, 0.2) is 58.1 Å². The van der Waals surface area contributed by atoms with Gasteiger partial charge in [-0.3, -0.25) is 14.4 Å². The normalized spacial score (nSPS) is 10.5. The van der Waals surface area contributed by atoms with E-state index in [4.69, 9.17) is 9.47 Å². The maximum absolute atomic E-state index is 12.0. The van der Waals surface area contributed by atoms with E-state index in [1.54, 1.807) is 36.4 Å². The maximum atomic E-state index is 12.0. The van der Waals surface area contributed by atoms with Crippen molar-refractivity contribution in [2.24, 2.45) is 5.10 Å². The van der Waals surface area contributed by atoms with Crippen LogP contribution in [0.25, 0.3) is 0 Å². The first-order valence-corrected chi connectivity index (χ1v) is 9.65. The van der Waals surface area contributed by atoms with Crippen LogP contribution in [-0.2, 0) is 19.1 Å². The Bertz CT molecular complexity index is 902. The lowest BCUT2D eigenvalue weighted by molar-refractivity contribution is -0.139. The van der Waals surface area contributed by atoms with Crippen LogP contribution in [-0.4, -0.2) is 50.8 Å². The fourth-order valence-corrected chi connectivity index (χ4v) is 2.39. The van der Waals surface area contributed by atoms with Crippen molar-refractivity contribution in [3.63, 3.8) is 0 Å². The Morgan fingerprint density at radius 1 is 1.10 bits per heavy atom. The zero-order valence-corrected chi connectivity index (χ0v) is 17.8. The second-order valence-electron chi connectivity index (χ2n) is 5.86. The molecular weight excluding hydrogens is 456 g/mol. The first-order valence-electron chi connectivity index (χ1n) is 8.86. The summed E-state index contributed by atoms with van der Waals surface area (Å²) in [5.74, 6) is -1.55. The number of rotatable bonds is 9. The summed E-state index contributed by atoms with van der Waals surface area (Å²) >= 11 is 3.33. The molecule has 0 bridgehead atoms. The molecule has 9 nitrogen and oxygen atoms in total. The minimum absolute atomic E-state index is 0.172. The highest BCUT2D eigenvalue weighted by molar-refractivity contribution is 9.10. The van der Waals surface area contributed by atoms with Crippen LogP contribution < -0.4 is 20.8 Å². The lowest BCUT2D eigenvalue weighted by Gasteiger charge is -2.08. The molecule has 0 fully saturated rings. The van der Waals surface area contributed by atoms with Crippen molar-refractivity contribution in [1.82, 2.24) is 10.7 Å². The van der Waals surface area contributed by atoms with Crippen LogP contribution in [0.4, 0.5) is 5.69 Å². The molecule has 0 aliphatic rings. The molecule has 0 aliphatic carbocycles. The first-order chi connectivity index (χ1) is 14.5. The van der Waals surface area contributed by atoms with E-state index >= 15 is 0 Å². The largest absolute Gasteiger partial charge is 0.484 e. The van der Waals surface area contributed by atoms with Crippen molar-refractivity contribution in [1.29, 1.82) is 0 Å². The number of anilines is 1. The predicted molar refractivity (Wildman–Crippen MR) is 115 cm³/mol. The SMILES string of the molecule is COCCNC(=O)C(=O)N/N=C/c1cccc(OCC(=O)Nc2ccc(Br)cc2)c1. The van der Waals surface area contributed by atoms with Gasteiger partial charge in [-0.25, -0.2) is 5.43 Å². The fourth-order valence-electron chi connectivity index (χ4n) is 2.13. The molecule has 0 saturated heterocycles. The average Bonchev–Trinajstić information content (AvgIpc) is 2.74. The molecule has 2 rings (SSSR count). The van der Waals surface area contributed by atoms with Gasteiger partial charge in [0.15, 0.2) is 6.61 Å². The molecule has 0 unspecified atom stereocenters. The number of hydrogen-bond acceptors (Lipinski definition) is 6. The Labute approximate surface area is 182 Å². The van der Waals surface area contributed by atoms with Crippen molar-refractivity contribution in [2.75, 3.05) is 32.2 Å². The predicted octanol–water partition coefficient (Wildman–Crippen LogP) is 1.68. The molecule has 30 heavy (non-hydrogen) atoms. The number of ether oxygens (including phenoxy) is 2. The summed E-state index contributed by atoms with van der Waals surface area (Å²) in [6.07, 6.45) is 1.36. The second-order valence-corrected chi connectivity index (χ2v) is 6.78. The van der Waals surface area contributed by atoms with Crippen LogP contribution in [0.1, 0.15) is 5.56 Å². The topological polar surface area (TPSA) is 118 Å². The molecular formula is C20H21BrN4O5. The van der Waals surface area contributed by atoms with Gasteiger partial charge < -0.3 is 20.1 Å². The fraction of sp³-hybridized carbons (Fsp3) is 0.200. The number of nitrogens with one attached hydrogen (secondary N) is 3. The van der Waals surface area contributed by atoms with E-state index in [2.05, 4.69) is 37.1 Å². The van der Waals surface area contributed by atoms with Crippen molar-refractivity contribution >= 4 is 45.6 Å². The quantitative estimate of drug-likeness (QED) is 0.220. The van der Waals surface area contributed by atoms with Crippen LogP contribution in [0, 0.1) is 0 Å². The Balaban J connectivity index is 1.80. The molecule has 158 valence electrons. The van der Waals surface area contributed by atoms with E-state index in [1.165, 1.54) is 13.3 Å². The number of amides is 3. The van der Waals surface area contributed by atoms with Gasteiger partial charge in [0.05, 0.1) is 12.8 Å². The third kappa shape index (κ3) is 8.41. The molecule has 0 heterocycles. The molecule has 0 saturated carbocycles. The van der Waals surface area contributed by atoms with Gasteiger partial charge in [-0.05, 0) is 42.0 Å². The van der Waals surface area contributed by atoms with Crippen LogP contribution in [0.5, 0.6) is 5.75 Å². The third-order valence-electron chi connectivity index (χ3n) is 3.53. The van der Waals surface area contributed by atoms with E-state index in [0.29, 0.717) is 23.6 Å². The minimum atomic E-state index is -0.889. The van der Waals surface area contributed by atoms with Crippen LogP contribution >= 0.6 is 15.9 Å². The molecule has 0 atom stereocenters. The van der Waals surface area contributed by atoms with Gasteiger partial charge in [-0.15, -0.1) is 0 Å². The summed E-state index contributed by atoms with van der Waals surface area (Å²) in [7, 11) is 1.49. The van der Waals surface area contributed by atoms with Gasteiger partial charge in [0, 0.05) is 23.8 Å². The Hall–Kier alpha value is -3.24. The minimum Gasteiger partial charge on any atom is -0.484 e. The van der Waals surface area contributed by atoms with Crippen LogP contribution in [0.3, 0.4) is 0 Å². The first kappa shape index (κ1) is 23.0. The average molecular weight is 477 g/mol. The van der Waals surface area contributed by atoms with Gasteiger partial charge in [-0.1, -0.05) is 28.1 Å². The van der Waals surface area contributed by atoms with Gasteiger partial charge in [-0.2, -0.15) is 5.10 Å². The van der Waals surface area contributed by atoms with Gasteiger partial charge in [0.25, 0.3) is 5.91 Å². The van der Waals surface area contributed by atoms with Crippen molar-refractivity contribution in [3.8, 4) is 5.75 Å². The van der Waals surface area contributed by atoms with Crippen molar-refractivity contribution in [3.05, 3.63) is 58.6 Å². The zero-order chi connectivity index (χ0) is 21.8. The molecule has 3 N–H and O–H groups in total. The van der Waals surface area contributed by atoms with E-state index < -0.39 is 11.8 Å². The number of nitrogens with zero attached hydrogens (tertiary/aromatic N) is 1. The number of carbonyl (C=O) groups is 3. The number of halogens is 1. The maximum Gasteiger partial charge on any atom is 0.329 e. The molecule has 2 aromatic carbocycles.